The summed E-state index contributed by atoms with van der Waals surface area (Å²) in [6.45, 7) is 0.715. The highest BCUT2D eigenvalue weighted by Gasteiger charge is 2.03. The molecule has 0 aromatic heterocycles. The lowest BCUT2D eigenvalue weighted by atomic mass is 10.1. The maximum absolute atomic E-state index is 9.79. The first-order valence-corrected chi connectivity index (χ1v) is 3.43. The molecule has 0 heterocycles. The highest BCUT2D eigenvalue weighted by molar-refractivity contribution is 5.38. The highest BCUT2D eigenvalue weighted by Crippen LogP contribution is 2.09. The highest BCUT2D eigenvalue weighted by atomic mass is 16.5. The lowest BCUT2D eigenvalue weighted by Gasteiger charge is -2.09. The van der Waals surface area contributed by atoms with Gasteiger partial charge in [-0.3, -0.25) is 4.79 Å². The molecule has 60 valence electrons. The fourth-order valence-corrected chi connectivity index (χ4v) is 0.891. The van der Waals surface area contributed by atoms with Gasteiger partial charge in [-0.15, -0.1) is 0 Å². The SMILES string of the molecule is O=COCC1=CCC(O)C=C1. The number of hydrogen-bond donors (Lipinski definition) is 1. The minimum absolute atomic E-state index is 0.298. The molecule has 11 heavy (non-hydrogen) atoms. The van der Waals surface area contributed by atoms with Crippen molar-refractivity contribution < 1.29 is 14.6 Å². The van der Waals surface area contributed by atoms with Crippen molar-refractivity contribution in [2.45, 2.75) is 12.5 Å². The molecule has 0 amide bonds. The zero-order valence-electron chi connectivity index (χ0n) is 6.06. The van der Waals surface area contributed by atoms with E-state index in [0.717, 1.165) is 5.57 Å². The number of carbonyl (C=O) groups excluding carboxylic acids is 1. The Labute approximate surface area is 65.0 Å². The summed E-state index contributed by atoms with van der Waals surface area (Å²) < 4.78 is 4.53. The minimum atomic E-state index is -0.380. The van der Waals surface area contributed by atoms with E-state index < -0.39 is 0 Å². The van der Waals surface area contributed by atoms with E-state index in [4.69, 9.17) is 5.11 Å². The molecule has 0 aliphatic heterocycles. The van der Waals surface area contributed by atoms with Gasteiger partial charge in [0.25, 0.3) is 6.47 Å². The molecule has 0 bridgehead atoms. The third-order valence-electron chi connectivity index (χ3n) is 1.47. The van der Waals surface area contributed by atoms with Gasteiger partial charge in [0.05, 0.1) is 6.10 Å². The average Bonchev–Trinajstić information content (AvgIpc) is 2.04. The van der Waals surface area contributed by atoms with Crippen molar-refractivity contribution in [3.8, 4) is 0 Å². The first kappa shape index (κ1) is 8.01. The molecule has 3 nitrogen and oxygen atoms in total. The standard InChI is InChI=1S/C8H10O3/c9-6-11-5-7-1-3-8(10)4-2-7/h1-3,6,8,10H,4-5H2. The summed E-state index contributed by atoms with van der Waals surface area (Å²) >= 11 is 0. The number of aliphatic hydroxyl groups is 1. The lowest BCUT2D eigenvalue weighted by Crippen LogP contribution is -2.06. The molecule has 1 unspecified atom stereocenters. The first-order valence-electron chi connectivity index (χ1n) is 3.43. The summed E-state index contributed by atoms with van der Waals surface area (Å²) in [5, 5.41) is 9.01. The maximum atomic E-state index is 9.79. The second-order valence-corrected chi connectivity index (χ2v) is 2.35. The van der Waals surface area contributed by atoms with Crippen molar-refractivity contribution >= 4 is 6.47 Å². The Balaban J connectivity index is 2.37. The zero-order chi connectivity index (χ0) is 8.10. The van der Waals surface area contributed by atoms with Gasteiger partial charge in [0, 0.05) is 0 Å². The second kappa shape index (κ2) is 3.93. The average molecular weight is 154 g/mol. The summed E-state index contributed by atoms with van der Waals surface area (Å²) in [6, 6.07) is 0. The normalized spacial score (nSPS) is 22.6. The maximum Gasteiger partial charge on any atom is 0.293 e. The first-order chi connectivity index (χ1) is 5.33. The number of rotatable bonds is 3. The smallest absolute Gasteiger partial charge is 0.293 e. The molecule has 0 fully saturated rings. The molecule has 1 aliphatic rings. The molecule has 0 saturated heterocycles. The molecule has 0 aromatic carbocycles. The number of ether oxygens (including phenoxy) is 1. The van der Waals surface area contributed by atoms with Crippen LogP contribution < -0.4 is 0 Å². The molecule has 3 heteroatoms. The van der Waals surface area contributed by atoms with Crippen LogP contribution in [0.2, 0.25) is 0 Å². The molecule has 0 saturated carbocycles. The van der Waals surface area contributed by atoms with Gasteiger partial charge in [0.2, 0.25) is 0 Å². The van der Waals surface area contributed by atoms with E-state index in [9.17, 15) is 4.79 Å². The Bertz CT molecular complexity index is 194. The predicted molar refractivity (Wildman–Crippen MR) is 39.9 cm³/mol. The van der Waals surface area contributed by atoms with Gasteiger partial charge < -0.3 is 9.84 Å². The molecule has 0 radical (unpaired) electrons. The van der Waals surface area contributed by atoms with E-state index in [2.05, 4.69) is 4.74 Å². The molecule has 0 spiro atoms. The Hall–Kier alpha value is -1.09. The Morgan fingerprint density at radius 2 is 2.64 bits per heavy atom. The lowest BCUT2D eigenvalue weighted by molar-refractivity contribution is -0.127. The van der Waals surface area contributed by atoms with E-state index in [0.29, 0.717) is 19.5 Å². The quantitative estimate of drug-likeness (QED) is 0.599. The van der Waals surface area contributed by atoms with Crippen molar-refractivity contribution in [2.24, 2.45) is 0 Å². The molecule has 1 atom stereocenters. The van der Waals surface area contributed by atoms with Crippen LogP contribution in [0.5, 0.6) is 0 Å². The predicted octanol–water partition coefficient (Wildman–Crippen LogP) is 0.407. The topological polar surface area (TPSA) is 46.5 Å². The molecule has 1 aliphatic carbocycles. The number of aliphatic hydroxyl groups excluding tert-OH is 1. The minimum Gasteiger partial charge on any atom is -0.463 e. The van der Waals surface area contributed by atoms with Crippen LogP contribution in [-0.4, -0.2) is 24.3 Å². The summed E-state index contributed by atoms with van der Waals surface area (Å²) in [6.07, 6.45) is 5.53. The van der Waals surface area contributed by atoms with E-state index in [1.165, 1.54) is 0 Å². The van der Waals surface area contributed by atoms with Crippen LogP contribution in [0, 0.1) is 0 Å². The summed E-state index contributed by atoms with van der Waals surface area (Å²) in [5.74, 6) is 0. The Kier molecular flexibility index (Phi) is 2.86. The van der Waals surface area contributed by atoms with Crippen LogP contribution in [0.4, 0.5) is 0 Å². The molecule has 1 rings (SSSR count). The van der Waals surface area contributed by atoms with Gasteiger partial charge in [0.1, 0.15) is 6.61 Å². The molecular formula is C8H10O3. The number of hydrogen-bond acceptors (Lipinski definition) is 3. The van der Waals surface area contributed by atoms with Crippen molar-refractivity contribution in [2.75, 3.05) is 6.61 Å². The Morgan fingerprint density at radius 1 is 1.82 bits per heavy atom. The van der Waals surface area contributed by atoms with Gasteiger partial charge in [-0.2, -0.15) is 0 Å². The fourth-order valence-electron chi connectivity index (χ4n) is 0.891. The van der Waals surface area contributed by atoms with Crippen LogP contribution in [0.1, 0.15) is 6.42 Å². The Morgan fingerprint density at radius 3 is 3.18 bits per heavy atom. The summed E-state index contributed by atoms with van der Waals surface area (Å²) in [5.41, 5.74) is 0.933. The molecule has 0 aromatic rings. The second-order valence-electron chi connectivity index (χ2n) is 2.35. The van der Waals surface area contributed by atoms with Crippen molar-refractivity contribution in [1.82, 2.24) is 0 Å². The van der Waals surface area contributed by atoms with Crippen molar-refractivity contribution in [1.29, 1.82) is 0 Å². The van der Waals surface area contributed by atoms with Crippen LogP contribution in [0.15, 0.2) is 23.8 Å². The van der Waals surface area contributed by atoms with Gasteiger partial charge in [-0.25, -0.2) is 0 Å². The largest absolute Gasteiger partial charge is 0.463 e. The van der Waals surface area contributed by atoms with Gasteiger partial charge >= 0.3 is 0 Å². The number of carbonyl (C=O) groups is 1. The third-order valence-corrected chi connectivity index (χ3v) is 1.47. The van der Waals surface area contributed by atoms with E-state index in [1.807, 2.05) is 6.08 Å². The van der Waals surface area contributed by atoms with Gasteiger partial charge in [0.15, 0.2) is 0 Å². The van der Waals surface area contributed by atoms with Crippen LogP contribution in [0.3, 0.4) is 0 Å². The monoisotopic (exact) mass is 154 g/mol. The molecular weight excluding hydrogens is 144 g/mol. The van der Waals surface area contributed by atoms with Gasteiger partial charge in [-0.1, -0.05) is 18.2 Å². The van der Waals surface area contributed by atoms with Crippen LogP contribution in [0.25, 0.3) is 0 Å². The zero-order valence-corrected chi connectivity index (χ0v) is 6.06. The summed E-state index contributed by atoms with van der Waals surface area (Å²) in [7, 11) is 0. The van der Waals surface area contributed by atoms with Crippen molar-refractivity contribution in [3.05, 3.63) is 23.8 Å². The van der Waals surface area contributed by atoms with E-state index >= 15 is 0 Å². The fraction of sp³-hybridized carbons (Fsp3) is 0.375. The molecule has 1 N–H and O–H groups in total. The van der Waals surface area contributed by atoms with E-state index in [-0.39, 0.29) is 6.10 Å². The van der Waals surface area contributed by atoms with Gasteiger partial charge in [-0.05, 0) is 12.0 Å². The third kappa shape index (κ3) is 2.55. The van der Waals surface area contributed by atoms with Crippen LogP contribution >= 0.6 is 0 Å². The van der Waals surface area contributed by atoms with Crippen molar-refractivity contribution in [3.63, 3.8) is 0 Å². The summed E-state index contributed by atoms with van der Waals surface area (Å²) in [4.78, 5) is 9.79. The van der Waals surface area contributed by atoms with Crippen LogP contribution in [-0.2, 0) is 9.53 Å². The van der Waals surface area contributed by atoms with E-state index in [1.54, 1.807) is 12.2 Å².